The summed E-state index contributed by atoms with van der Waals surface area (Å²) in [5.41, 5.74) is 3.40. The zero-order chi connectivity index (χ0) is 8.81. The molecule has 0 fully saturated rings. The Morgan fingerprint density at radius 3 is 3.08 bits per heavy atom. The van der Waals surface area contributed by atoms with E-state index in [0.29, 0.717) is 4.32 Å². The maximum absolute atomic E-state index is 5.10. The van der Waals surface area contributed by atoms with Crippen LogP contribution >= 0.6 is 24.0 Å². The highest BCUT2D eigenvalue weighted by molar-refractivity contribution is 8.22. The van der Waals surface area contributed by atoms with E-state index in [1.807, 2.05) is 18.2 Å². The number of hydrogen-bond donors (Lipinski definition) is 2. The summed E-state index contributed by atoms with van der Waals surface area (Å²) < 4.78 is 0.584. The van der Waals surface area contributed by atoms with Gasteiger partial charge in [0.05, 0.1) is 5.69 Å². The number of thioether (sulfide) groups is 1. The molecule has 0 aliphatic rings. The summed E-state index contributed by atoms with van der Waals surface area (Å²) in [6.45, 7) is 0. The largest absolute Gasteiger partial charge is 0.309 e. The Hall–Kier alpha value is -0.650. The molecule has 0 atom stereocenters. The van der Waals surface area contributed by atoms with E-state index in [2.05, 4.69) is 10.4 Å². The van der Waals surface area contributed by atoms with Crippen LogP contribution in [0, 0.1) is 0 Å². The Labute approximate surface area is 80.7 Å². The first-order chi connectivity index (χ1) is 5.83. The van der Waals surface area contributed by atoms with Gasteiger partial charge >= 0.3 is 0 Å². The van der Waals surface area contributed by atoms with Crippen molar-refractivity contribution in [3.8, 4) is 0 Å². The van der Waals surface area contributed by atoms with E-state index < -0.39 is 0 Å². The fraction of sp³-hybridized carbons (Fsp3) is 0.143. The van der Waals surface area contributed by atoms with Crippen LogP contribution in [0.4, 0.5) is 0 Å². The molecule has 1 aromatic rings. The van der Waals surface area contributed by atoms with E-state index in [0.717, 1.165) is 11.4 Å². The maximum atomic E-state index is 5.10. The van der Waals surface area contributed by atoms with Crippen LogP contribution in [-0.2, 0) is 5.75 Å². The molecular weight excluding hydrogens is 190 g/mol. The average molecular weight is 199 g/mol. The van der Waals surface area contributed by atoms with Crippen molar-refractivity contribution in [1.82, 2.24) is 10.4 Å². The van der Waals surface area contributed by atoms with Gasteiger partial charge < -0.3 is 5.43 Å². The summed E-state index contributed by atoms with van der Waals surface area (Å²) >= 11 is 6.32. The molecule has 0 saturated carbocycles. The van der Waals surface area contributed by atoms with Crippen molar-refractivity contribution in [2.24, 2.45) is 5.84 Å². The van der Waals surface area contributed by atoms with E-state index in [4.69, 9.17) is 18.1 Å². The number of hydrazine groups is 1. The van der Waals surface area contributed by atoms with Crippen LogP contribution in [0.3, 0.4) is 0 Å². The fourth-order valence-corrected chi connectivity index (χ4v) is 1.37. The quantitative estimate of drug-likeness (QED) is 0.424. The second-order valence-electron chi connectivity index (χ2n) is 2.04. The third-order valence-electron chi connectivity index (χ3n) is 1.20. The number of thiocarbonyl (C=S) groups is 1. The first-order valence-electron chi connectivity index (χ1n) is 3.36. The maximum Gasteiger partial charge on any atom is 0.148 e. The van der Waals surface area contributed by atoms with Crippen LogP contribution in [0.1, 0.15) is 5.69 Å². The minimum atomic E-state index is 0.584. The highest BCUT2D eigenvalue weighted by atomic mass is 32.2. The van der Waals surface area contributed by atoms with Crippen LogP contribution < -0.4 is 11.3 Å². The average Bonchev–Trinajstić information content (AvgIpc) is 2.16. The summed E-state index contributed by atoms with van der Waals surface area (Å²) in [5, 5.41) is 0. The molecule has 64 valence electrons. The van der Waals surface area contributed by atoms with Crippen LogP contribution in [0.5, 0.6) is 0 Å². The van der Waals surface area contributed by atoms with Gasteiger partial charge in [0.25, 0.3) is 0 Å². The number of hydrogen-bond acceptors (Lipinski definition) is 4. The molecule has 0 spiro atoms. The van der Waals surface area contributed by atoms with Crippen LogP contribution in [0.25, 0.3) is 0 Å². The van der Waals surface area contributed by atoms with E-state index in [1.165, 1.54) is 11.8 Å². The smallest absolute Gasteiger partial charge is 0.148 e. The minimum Gasteiger partial charge on any atom is -0.309 e. The standard InChI is InChI=1S/C7H9N3S2/c8-10-7(11)12-5-6-3-1-2-4-9-6/h1-4H,5,8H2,(H,10,11). The van der Waals surface area contributed by atoms with E-state index in [9.17, 15) is 0 Å². The van der Waals surface area contributed by atoms with E-state index >= 15 is 0 Å². The molecule has 0 bridgehead atoms. The highest BCUT2D eigenvalue weighted by Crippen LogP contribution is 2.09. The molecule has 5 heteroatoms. The van der Waals surface area contributed by atoms with Gasteiger partial charge in [-0.25, -0.2) is 5.84 Å². The molecule has 0 unspecified atom stereocenters. The van der Waals surface area contributed by atoms with Gasteiger partial charge in [-0.05, 0) is 12.1 Å². The van der Waals surface area contributed by atoms with E-state index in [1.54, 1.807) is 6.20 Å². The highest BCUT2D eigenvalue weighted by Gasteiger charge is 1.96. The van der Waals surface area contributed by atoms with Gasteiger partial charge in [-0.1, -0.05) is 30.0 Å². The van der Waals surface area contributed by atoms with Crippen LogP contribution in [0.15, 0.2) is 24.4 Å². The molecule has 0 aliphatic carbocycles. The van der Waals surface area contributed by atoms with Gasteiger partial charge in [-0.3, -0.25) is 4.98 Å². The first kappa shape index (κ1) is 9.44. The Morgan fingerprint density at radius 2 is 2.50 bits per heavy atom. The van der Waals surface area contributed by atoms with Gasteiger partial charge in [0.15, 0.2) is 0 Å². The third-order valence-corrected chi connectivity index (χ3v) is 2.49. The van der Waals surface area contributed by atoms with Crippen molar-refractivity contribution in [1.29, 1.82) is 0 Å². The Kier molecular flexibility index (Phi) is 3.99. The molecule has 0 amide bonds. The van der Waals surface area contributed by atoms with Gasteiger partial charge in [0.1, 0.15) is 4.32 Å². The lowest BCUT2D eigenvalue weighted by Crippen LogP contribution is -2.25. The van der Waals surface area contributed by atoms with Crippen LogP contribution in [0.2, 0.25) is 0 Å². The molecular formula is C7H9N3S2. The van der Waals surface area contributed by atoms with Crippen molar-refractivity contribution >= 4 is 28.3 Å². The molecule has 3 N–H and O–H groups in total. The molecule has 12 heavy (non-hydrogen) atoms. The molecule has 0 radical (unpaired) electrons. The minimum absolute atomic E-state index is 0.584. The molecule has 0 aromatic carbocycles. The Bertz CT molecular complexity index is 250. The molecule has 1 aromatic heterocycles. The second kappa shape index (κ2) is 5.08. The molecule has 1 rings (SSSR count). The number of nitrogens with one attached hydrogen (secondary N) is 1. The SMILES string of the molecule is NNC(=S)SCc1ccccn1. The molecule has 1 heterocycles. The van der Waals surface area contributed by atoms with Gasteiger partial charge in [0, 0.05) is 11.9 Å². The van der Waals surface area contributed by atoms with Gasteiger partial charge in [-0.2, -0.15) is 0 Å². The summed E-state index contributed by atoms with van der Waals surface area (Å²) in [4.78, 5) is 4.14. The molecule has 0 aliphatic heterocycles. The number of aromatic nitrogens is 1. The predicted molar refractivity (Wildman–Crippen MR) is 55.5 cm³/mol. The Balaban J connectivity index is 2.38. The van der Waals surface area contributed by atoms with Crippen molar-refractivity contribution < 1.29 is 0 Å². The summed E-state index contributed by atoms with van der Waals surface area (Å²) in [5.74, 6) is 5.86. The normalized spacial score (nSPS) is 9.42. The number of pyridine rings is 1. The first-order valence-corrected chi connectivity index (χ1v) is 4.75. The summed E-state index contributed by atoms with van der Waals surface area (Å²) in [6, 6.07) is 5.78. The fourth-order valence-electron chi connectivity index (χ4n) is 0.665. The lowest BCUT2D eigenvalue weighted by molar-refractivity contribution is 1.06. The van der Waals surface area contributed by atoms with Crippen molar-refractivity contribution in [3.05, 3.63) is 30.1 Å². The van der Waals surface area contributed by atoms with Crippen molar-refractivity contribution in [2.75, 3.05) is 0 Å². The van der Waals surface area contributed by atoms with Crippen LogP contribution in [-0.4, -0.2) is 9.30 Å². The number of nitrogens with zero attached hydrogens (tertiary/aromatic N) is 1. The topological polar surface area (TPSA) is 50.9 Å². The van der Waals surface area contributed by atoms with Gasteiger partial charge in [0.2, 0.25) is 0 Å². The molecule has 3 nitrogen and oxygen atoms in total. The Morgan fingerprint density at radius 1 is 1.67 bits per heavy atom. The second-order valence-corrected chi connectivity index (χ2v) is 3.69. The predicted octanol–water partition coefficient (Wildman–Crippen LogP) is 1.06. The molecule has 0 saturated heterocycles. The monoisotopic (exact) mass is 199 g/mol. The third kappa shape index (κ3) is 3.17. The zero-order valence-electron chi connectivity index (χ0n) is 6.36. The zero-order valence-corrected chi connectivity index (χ0v) is 7.99. The van der Waals surface area contributed by atoms with Gasteiger partial charge in [-0.15, -0.1) is 0 Å². The number of rotatable bonds is 2. The van der Waals surface area contributed by atoms with Crippen molar-refractivity contribution in [3.63, 3.8) is 0 Å². The lowest BCUT2D eigenvalue weighted by atomic mass is 10.4. The van der Waals surface area contributed by atoms with Crippen molar-refractivity contribution in [2.45, 2.75) is 5.75 Å². The summed E-state index contributed by atoms with van der Waals surface area (Å²) in [7, 11) is 0. The number of nitrogens with two attached hydrogens (primary N) is 1. The van der Waals surface area contributed by atoms with E-state index in [-0.39, 0.29) is 0 Å². The summed E-state index contributed by atoms with van der Waals surface area (Å²) in [6.07, 6.45) is 1.76. The lowest BCUT2D eigenvalue weighted by Gasteiger charge is -2.00.